The maximum absolute atomic E-state index is 13.8. The molecule has 1 amide bonds. The van der Waals surface area contributed by atoms with Gasteiger partial charge in [-0.3, -0.25) is 14.7 Å². The minimum atomic E-state index is -3.63. The van der Waals surface area contributed by atoms with Crippen molar-refractivity contribution in [1.82, 2.24) is 14.3 Å². The fourth-order valence-corrected chi connectivity index (χ4v) is 8.39. The van der Waals surface area contributed by atoms with Crippen molar-refractivity contribution in [2.45, 2.75) is 30.5 Å². The minimum Gasteiger partial charge on any atom is -0.494 e. The van der Waals surface area contributed by atoms with Crippen LogP contribution >= 0.6 is 34.3 Å². The van der Waals surface area contributed by atoms with Crippen molar-refractivity contribution in [3.63, 3.8) is 0 Å². The van der Waals surface area contributed by atoms with Gasteiger partial charge in [-0.05, 0) is 62.2 Å². The molecule has 4 heterocycles. The van der Waals surface area contributed by atoms with E-state index in [1.807, 2.05) is 43.3 Å². The van der Waals surface area contributed by atoms with Gasteiger partial charge in [-0.2, -0.15) is 4.31 Å². The Bertz CT molecular complexity index is 1500. The van der Waals surface area contributed by atoms with E-state index in [9.17, 15) is 13.2 Å². The first-order chi connectivity index (χ1) is 17.8. The zero-order valence-electron chi connectivity index (χ0n) is 20.0. The number of fused-ring (bicyclic) bond motifs is 1. The van der Waals surface area contributed by atoms with Crippen LogP contribution in [0.5, 0.6) is 5.75 Å². The van der Waals surface area contributed by atoms with Crippen molar-refractivity contribution in [3.05, 3.63) is 64.8 Å². The average molecular weight is 577 g/mol. The second-order valence-corrected chi connectivity index (χ2v) is 13.4. The standard InChI is InChI=1S/C25H25ClN4O4S3/c1-2-34-19-6-7-20-21(15-19)35-25(28-20)30(16-18-5-3-4-12-27-18)24(31)17-10-13-29(14-11-17)37(32,33)23-9-8-22(26)36-23/h3-9,12,15,17H,2,10-11,13-14,16H2,1H3. The third kappa shape index (κ3) is 5.65. The van der Waals surface area contributed by atoms with Crippen LogP contribution in [-0.4, -0.2) is 48.3 Å². The van der Waals surface area contributed by atoms with Crippen LogP contribution in [0.2, 0.25) is 4.34 Å². The molecule has 5 rings (SSSR count). The van der Waals surface area contributed by atoms with E-state index in [0.29, 0.717) is 28.9 Å². The van der Waals surface area contributed by atoms with Gasteiger partial charge >= 0.3 is 0 Å². The summed E-state index contributed by atoms with van der Waals surface area (Å²) in [6.45, 7) is 3.31. The number of benzene rings is 1. The summed E-state index contributed by atoms with van der Waals surface area (Å²) in [5, 5.41) is 0.586. The smallest absolute Gasteiger partial charge is 0.252 e. The van der Waals surface area contributed by atoms with Crippen LogP contribution in [0.4, 0.5) is 5.13 Å². The Hall–Kier alpha value is -2.57. The summed E-state index contributed by atoms with van der Waals surface area (Å²) in [4.78, 5) is 24.7. The van der Waals surface area contributed by atoms with Crippen LogP contribution in [0.1, 0.15) is 25.5 Å². The number of rotatable bonds is 8. The number of aromatic nitrogens is 2. The van der Waals surface area contributed by atoms with E-state index in [-0.39, 0.29) is 35.7 Å². The molecule has 1 aliphatic heterocycles. The molecule has 0 unspecified atom stereocenters. The van der Waals surface area contributed by atoms with Gasteiger partial charge in [0.1, 0.15) is 9.96 Å². The molecule has 0 N–H and O–H groups in total. The van der Waals surface area contributed by atoms with Crippen LogP contribution in [0.3, 0.4) is 0 Å². The third-order valence-electron chi connectivity index (χ3n) is 6.15. The van der Waals surface area contributed by atoms with Crippen molar-refractivity contribution in [1.29, 1.82) is 0 Å². The number of anilines is 1. The van der Waals surface area contributed by atoms with E-state index in [2.05, 4.69) is 4.98 Å². The normalized spacial score (nSPS) is 15.2. The molecule has 3 aromatic heterocycles. The molecule has 1 aromatic carbocycles. The van der Waals surface area contributed by atoms with Gasteiger partial charge in [0.2, 0.25) is 5.91 Å². The number of piperidine rings is 1. The number of hydrogen-bond acceptors (Lipinski definition) is 8. The highest BCUT2D eigenvalue weighted by atomic mass is 35.5. The van der Waals surface area contributed by atoms with Crippen molar-refractivity contribution >= 4 is 65.6 Å². The van der Waals surface area contributed by atoms with Gasteiger partial charge in [-0.15, -0.1) is 11.3 Å². The monoisotopic (exact) mass is 576 g/mol. The van der Waals surface area contributed by atoms with Crippen LogP contribution < -0.4 is 9.64 Å². The highest BCUT2D eigenvalue weighted by Gasteiger charge is 2.35. The van der Waals surface area contributed by atoms with Crippen molar-refractivity contribution in [2.24, 2.45) is 5.92 Å². The topological polar surface area (TPSA) is 92.7 Å². The van der Waals surface area contributed by atoms with Gasteiger partial charge in [-0.25, -0.2) is 13.4 Å². The van der Waals surface area contributed by atoms with Crippen molar-refractivity contribution in [2.75, 3.05) is 24.6 Å². The van der Waals surface area contributed by atoms with E-state index in [4.69, 9.17) is 21.3 Å². The van der Waals surface area contributed by atoms with Crippen LogP contribution in [-0.2, 0) is 21.4 Å². The number of ether oxygens (including phenoxy) is 1. The van der Waals surface area contributed by atoms with E-state index in [0.717, 1.165) is 33.0 Å². The number of pyridine rings is 1. The molecule has 0 spiro atoms. The first kappa shape index (κ1) is 26.1. The quantitative estimate of drug-likeness (QED) is 0.277. The molecule has 0 saturated carbocycles. The second kappa shape index (κ2) is 11.0. The van der Waals surface area contributed by atoms with E-state index in [1.165, 1.54) is 21.7 Å². The summed E-state index contributed by atoms with van der Waals surface area (Å²) in [6.07, 6.45) is 2.55. The highest BCUT2D eigenvalue weighted by molar-refractivity contribution is 7.91. The van der Waals surface area contributed by atoms with Crippen LogP contribution in [0.15, 0.2) is 58.9 Å². The Balaban J connectivity index is 1.37. The summed E-state index contributed by atoms with van der Waals surface area (Å²) in [6, 6.07) is 14.4. The molecule has 1 fully saturated rings. The number of amides is 1. The largest absolute Gasteiger partial charge is 0.494 e. The van der Waals surface area contributed by atoms with Crippen LogP contribution in [0, 0.1) is 5.92 Å². The summed E-state index contributed by atoms with van der Waals surface area (Å²) < 4.78 is 34.6. The lowest BCUT2D eigenvalue weighted by Crippen LogP contribution is -2.44. The molecule has 1 saturated heterocycles. The van der Waals surface area contributed by atoms with Crippen LogP contribution in [0.25, 0.3) is 10.2 Å². The Morgan fingerprint density at radius 3 is 2.65 bits per heavy atom. The van der Waals surface area contributed by atoms with E-state index >= 15 is 0 Å². The lowest BCUT2D eigenvalue weighted by Gasteiger charge is -2.32. The zero-order valence-corrected chi connectivity index (χ0v) is 23.2. The predicted octanol–water partition coefficient (Wildman–Crippen LogP) is 5.44. The number of halogens is 1. The molecule has 0 bridgehead atoms. The number of thiazole rings is 1. The lowest BCUT2D eigenvalue weighted by atomic mass is 9.96. The summed E-state index contributed by atoms with van der Waals surface area (Å²) in [7, 11) is -3.63. The Kier molecular flexibility index (Phi) is 7.77. The van der Waals surface area contributed by atoms with Gasteiger partial charge in [0, 0.05) is 25.2 Å². The van der Waals surface area contributed by atoms with Crippen molar-refractivity contribution in [3.8, 4) is 5.75 Å². The van der Waals surface area contributed by atoms with E-state index in [1.54, 1.807) is 17.2 Å². The molecular weight excluding hydrogens is 552 g/mol. The first-order valence-electron chi connectivity index (χ1n) is 11.9. The van der Waals surface area contributed by atoms with Crippen molar-refractivity contribution < 1.29 is 17.9 Å². The SMILES string of the molecule is CCOc1ccc2nc(N(Cc3ccccn3)C(=O)C3CCN(S(=O)(=O)c4ccc(Cl)s4)CC3)sc2c1. The highest BCUT2D eigenvalue weighted by Crippen LogP contribution is 2.35. The maximum atomic E-state index is 13.8. The number of hydrogen-bond donors (Lipinski definition) is 0. The minimum absolute atomic E-state index is 0.0778. The fraction of sp³-hybridized carbons (Fsp3) is 0.320. The van der Waals surface area contributed by atoms with Gasteiger partial charge < -0.3 is 4.74 Å². The molecule has 37 heavy (non-hydrogen) atoms. The summed E-state index contributed by atoms with van der Waals surface area (Å²) in [5.74, 6) is 0.354. The fourth-order valence-electron chi connectivity index (χ4n) is 4.29. The Morgan fingerprint density at radius 2 is 1.97 bits per heavy atom. The third-order valence-corrected chi connectivity index (χ3v) is 10.8. The maximum Gasteiger partial charge on any atom is 0.252 e. The molecule has 0 aliphatic carbocycles. The second-order valence-electron chi connectivity index (χ2n) is 8.54. The average Bonchev–Trinajstić information content (AvgIpc) is 3.54. The van der Waals surface area contributed by atoms with Gasteiger partial charge in [0.15, 0.2) is 5.13 Å². The summed E-state index contributed by atoms with van der Waals surface area (Å²) in [5.41, 5.74) is 1.54. The number of thiophene rings is 1. The number of nitrogens with zero attached hydrogens (tertiary/aromatic N) is 4. The Labute approximate surface area is 228 Å². The lowest BCUT2D eigenvalue weighted by molar-refractivity contribution is -0.123. The predicted molar refractivity (Wildman–Crippen MR) is 147 cm³/mol. The van der Waals surface area contributed by atoms with E-state index < -0.39 is 10.0 Å². The zero-order chi connectivity index (χ0) is 26.0. The molecule has 8 nitrogen and oxygen atoms in total. The molecule has 1 aliphatic rings. The van der Waals surface area contributed by atoms with Gasteiger partial charge in [0.25, 0.3) is 10.0 Å². The van der Waals surface area contributed by atoms with Gasteiger partial charge in [-0.1, -0.05) is 29.0 Å². The number of carbonyl (C=O) groups is 1. The summed E-state index contributed by atoms with van der Waals surface area (Å²) >= 11 is 8.42. The molecule has 194 valence electrons. The molecule has 0 atom stereocenters. The number of carbonyl (C=O) groups excluding carboxylic acids is 1. The number of sulfonamides is 1. The molecule has 4 aromatic rings. The molecule has 0 radical (unpaired) electrons. The first-order valence-corrected chi connectivity index (χ1v) is 15.3. The molecule has 12 heteroatoms. The molecular formula is C25H25ClN4O4S3. The Morgan fingerprint density at radius 1 is 1.16 bits per heavy atom. The van der Waals surface area contributed by atoms with Gasteiger partial charge in [0.05, 0.1) is 33.4 Å².